The number of ether oxygens (including phenoxy) is 6. The van der Waals surface area contributed by atoms with Gasteiger partial charge in [0.05, 0.1) is 31.3 Å². The van der Waals surface area contributed by atoms with Crippen LogP contribution in [0.2, 0.25) is 0 Å². The number of hydrogen-bond donors (Lipinski definition) is 11. The van der Waals surface area contributed by atoms with Crippen LogP contribution in [-0.4, -0.2) is 180 Å². The molecule has 3 aliphatic heterocycles. The Bertz CT molecular complexity index is 1790. The topological polar surface area (TPSA) is 295 Å². The largest absolute Gasteiger partial charge is 0.432 e. The molecule has 0 radical (unpaired) electrons. The van der Waals surface area contributed by atoms with Gasteiger partial charge in [0.25, 0.3) is 0 Å². The monoisotopic (exact) mass is 943 g/mol. The number of carbonyl (C=O) groups is 1. The van der Waals surface area contributed by atoms with Gasteiger partial charge in [0.2, 0.25) is 6.29 Å². The first-order valence-electron chi connectivity index (χ1n) is 24.3. The predicted octanol–water partition coefficient (Wildman–Crippen LogP) is 0.141. The molecule has 3 heterocycles. The summed E-state index contributed by atoms with van der Waals surface area (Å²) in [6, 6.07) is 0. The summed E-state index contributed by atoms with van der Waals surface area (Å²) in [6.07, 6.45) is -13.8. The number of aliphatic hydroxyl groups excluding tert-OH is 11. The fourth-order valence-electron chi connectivity index (χ4n) is 15.0. The molecule has 18 nitrogen and oxygen atoms in total. The minimum absolute atomic E-state index is 0.0628. The Morgan fingerprint density at radius 3 is 1.76 bits per heavy atom. The Balaban J connectivity index is 1.04. The highest BCUT2D eigenvalue weighted by Gasteiger charge is 2.70. The standard InChI is InChI=1S/C48H78O18/c1-43(2)14-16-48(42(60)66-40-37(59)34(56)31(53)25(20-50)62-40)17-15-46(6)22(23(48)18-43)8-9-28-45(5)12-11-29(44(3,4)27(45)10-13-47(28,46)7)64-41-38(35(57)32(54)26(21-51)63-41)65-39-36(58)33(55)30(52)24(19-49)61-39/h8,23-41,49-59H,9-21H2,1-7H3/t23-,24-,25-,26-,27+,28+,29-,30-,31+,32+,33-,34-,35-,36-,37-,38-,39-,40-,41-,45-,46+,47+,48-/m0/s1. The van der Waals surface area contributed by atoms with Crippen molar-refractivity contribution in [1.29, 1.82) is 0 Å². The molecule has 7 fully saturated rings. The van der Waals surface area contributed by atoms with Crippen molar-refractivity contribution in [2.45, 2.75) is 211 Å². The lowest BCUT2D eigenvalue weighted by atomic mass is 9.33. The van der Waals surface area contributed by atoms with Crippen molar-refractivity contribution in [2.24, 2.45) is 50.2 Å². The summed E-state index contributed by atoms with van der Waals surface area (Å²) in [6.45, 7) is 14.1. The second kappa shape index (κ2) is 18.0. The molecule has 0 amide bonds. The molecule has 8 rings (SSSR count). The number of esters is 1. The summed E-state index contributed by atoms with van der Waals surface area (Å²) >= 11 is 0. The van der Waals surface area contributed by atoms with E-state index in [1.165, 1.54) is 5.57 Å². The lowest BCUT2D eigenvalue weighted by Gasteiger charge is -2.71. The SMILES string of the molecule is CC1(C)CC[C@]2(C(=O)O[C@@H]3O[C@@H](CO)[C@@H](O)[C@H](O)[C@@H]3O)CC[C@]3(C)C(=CC[C@@H]4[C@@]5(C)CC[C@H](O[C@@H]6O[C@@H](CO)[C@@H](O)[C@H](O)[C@@H]6O[C@@H]6O[C@@H](CO)[C@H](O)[C@H](O)[C@@H]6O)C(C)(C)[C@H]5CC[C@]43C)[C@@H]2C1. The predicted molar refractivity (Wildman–Crippen MR) is 230 cm³/mol. The van der Waals surface area contributed by atoms with Crippen LogP contribution < -0.4 is 0 Å². The minimum atomic E-state index is -1.78. The molecule has 0 unspecified atom stereocenters. The molecule has 378 valence electrons. The van der Waals surface area contributed by atoms with Crippen LogP contribution in [0.4, 0.5) is 0 Å². The number of rotatable bonds is 9. The van der Waals surface area contributed by atoms with E-state index in [4.69, 9.17) is 28.4 Å². The van der Waals surface area contributed by atoms with Crippen LogP contribution in [0.5, 0.6) is 0 Å². The van der Waals surface area contributed by atoms with Gasteiger partial charge in [0.1, 0.15) is 73.2 Å². The van der Waals surface area contributed by atoms with Crippen molar-refractivity contribution in [2.75, 3.05) is 19.8 Å². The molecule has 0 aromatic heterocycles. The Morgan fingerprint density at radius 1 is 0.606 bits per heavy atom. The van der Waals surface area contributed by atoms with E-state index in [0.717, 1.165) is 44.9 Å². The third kappa shape index (κ3) is 7.87. The maximum atomic E-state index is 14.7. The van der Waals surface area contributed by atoms with E-state index in [1.807, 2.05) is 0 Å². The highest BCUT2D eigenvalue weighted by molar-refractivity contribution is 5.79. The number of allylic oxidation sites excluding steroid dienone is 2. The highest BCUT2D eigenvalue weighted by atomic mass is 16.8. The molecule has 8 aliphatic rings. The summed E-state index contributed by atoms with van der Waals surface area (Å²) in [5, 5.41) is 115. The van der Waals surface area contributed by atoms with Crippen LogP contribution in [0.25, 0.3) is 0 Å². The van der Waals surface area contributed by atoms with Crippen molar-refractivity contribution in [1.82, 2.24) is 0 Å². The van der Waals surface area contributed by atoms with Gasteiger partial charge in [-0.2, -0.15) is 0 Å². The summed E-state index contributed by atoms with van der Waals surface area (Å²) in [4.78, 5) is 14.7. The summed E-state index contributed by atoms with van der Waals surface area (Å²) in [5.41, 5.74) is -0.746. The third-order valence-corrected chi connectivity index (χ3v) is 19.3. The van der Waals surface area contributed by atoms with Gasteiger partial charge >= 0.3 is 5.97 Å². The van der Waals surface area contributed by atoms with E-state index < -0.39 is 135 Å². The molecular weight excluding hydrogens is 865 g/mol. The number of hydrogen-bond acceptors (Lipinski definition) is 18. The fourth-order valence-corrected chi connectivity index (χ4v) is 15.0. The van der Waals surface area contributed by atoms with Gasteiger partial charge in [-0.3, -0.25) is 4.79 Å². The first-order chi connectivity index (χ1) is 30.9. The second-order valence-corrected chi connectivity index (χ2v) is 23.5. The van der Waals surface area contributed by atoms with Crippen LogP contribution in [-0.2, 0) is 33.2 Å². The van der Waals surface area contributed by atoms with Gasteiger partial charge in [0.15, 0.2) is 12.6 Å². The molecule has 11 N–H and O–H groups in total. The third-order valence-electron chi connectivity index (χ3n) is 19.3. The van der Waals surface area contributed by atoms with E-state index in [-0.39, 0.29) is 39.4 Å². The molecule has 3 saturated heterocycles. The lowest BCUT2D eigenvalue weighted by Crippen LogP contribution is -2.67. The van der Waals surface area contributed by atoms with Crippen molar-refractivity contribution in [3.8, 4) is 0 Å². The zero-order valence-electron chi connectivity index (χ0n) is 39.5. The molecule has 4 saturated carbocycles. The Hall–Kier alpha value is -1.43. The molecule has 0 bridgehead atoms. The lowest BCUT2D eigenvalue weighted by molar-refractivity contribution is -0.378. The molecule has 23 atom stereocenters. The molecule has 5 aliphatic carbocycles. The number of fused-ring (bicyclic) bond motifs is 7. The Morgan fingerprint density at radius 2 is 1.15 bits per heavy atom. The van der Waals surface area contributed by atoms with Crippen molar-refractivity contribution < 1.29 is 89.4 Å². The van der Waals surface area contributed by atoms with Gasteiger partial charge < -0.3 is 84.6 Å². The smallest absolute Gasteiger partial charge is 0.315 e. The highest BCUT2D eigenvalue weighted by Crippen LogP contribution is 2.76. The van der Waals surface area contributed by atoms with Crippen molar-refractivity contribution in [3.63, 3.8) is 0 Å². The van der Waals surface area contributed by atoms with Gasteiger partial charge in [-0.1, -0.05) is 60.1 Å². The number of aliphatic hydroxyl groups is 11. The first kappa shape index (κ1) is 50.9. The van der Waals surface area contributed by atoms with Crippen LogP contribution in [0.15, 0.2) is 11.6 Å². The second-order valence-electron chi connectivity index (χ2n) is 23.5. The molecule has 0 aromatic rings. The molecule has 0 aromatic carbocycles. The Kier molecular flexibility index (Phi) is 13.9. The van der Waals surface area contributed by atoms with Gasteiger partial charge in [0, 0.05) is 0 Å². The molecular formula is C48H78O18. The van der Waals surface area contributed by atoms with E-state index in [9.17, 15) is 61.0 Å². The van der Waals surface area contributed by atoms with Crippen LogP contribution >= 0.6 is 0 Å². The quantitative estimate of drug-likeness (QED) is 0.0833. The average Bonchev–Trinajstić information content (AvgIpc) is 3.27. The molecule has 18 heteroatoms. The number of carbonyl (C=O) groups excluding carboxylic acids is 1. The normalized spacial score (nSPS) is 53.3. The van der Waals surface area contributed by atoms with Gasteiger partial charge in [-0.15, -0.1) is 0 Å². The zero-order chi connectivity index (χ0) is 48.3. The molecule has 66 heavy (non-hydrogen) atoms. The molecule has 0 spiro atoms. The maximum absolute atomic E-state index is 14.7. The van der Waals surface area contributed by atoms with Crippen molar-refractivity contribution in [3.05, 3.63) is 11.6 Å². The van der Waals surface area contributed by atoms with Crippen molar-refractivity contribution >= 4 is 5.97 Å². The first-order valence-corrected chi connectivity index (χ1v) is 24.3. The van der Waals surface area contributed by atoms with Crippen LogP contribution in [0.1, 0.15) is 113 Å². The minimum Gasteiger partial charge on any atom is -0.432 e. The van der Waals surface area contributed by atoms with Crippen LogP contribution in [0.3, 0.4) is 0 Å². The zero-order valence-corrected chi connectivity index (χ0v) is 39.5. The van der Waals surface area contributed by atoms with Crippen LogP contribution in [0, 0.1) is 50.2 Å². The van der Waals surface area contributed by atoms with E-state index in [0.29, 0.717) is 19.3 Å². The van der Waals surface area contributed by atoms with Gasteiger partial charge in [-0.05, 0) is 109 Å². The summed E-state index contributed by atoms with van der Waals surface area (Å²) in [7, 11) is 0. The maximum Gasteiger partial charge on any atom is 0.315 e. The fraction of sp³-hybridized carbons (Fsp3) is 0.938. The Labute approximate surface area is 387 Å². The summed E-state index contributed by atoms with van der Waals surface area (Å²) in [5.74, 6) is -0.227. The van der Waals surface area contributed by atoms with E-state index in [1.54, 1.807) is 0 Å². The van der Waals surface area contributed by atoms with Gasteiger partial charge in [-0.25, -0.2) is 0 Å². The van der Waals surface area contributed by atoms with E-state index >= 15 is 0 Å². The average molecular weight is 943 g/mol. The summed E-state index contributed by atoms with van der Waals surface area (Å²) < 4.78 is 36.2. The van der Waals surface area contributed by atoms with E-state index in [2.05, 4.69) is 54.5 Å².